The third kappa shape index (κ3) is 1.65. The van der Waals surface area contributed by atoms with Crippen LogP contribution in [0.4, 0.5) is 10.1 Å². The molecule has 0 saturated heterocycles. The summed E-state index contributed by atoms with van der Waals surface area (Å²) in [5, 5.41) is 2.62. The molecule has 0 radical (unpaired) electrons. The third-order valence-corrected chi connectivity index (χ3v) is 3.45. The highest BCUT2D eigenvalue weighted by Crippen LogP contribution is 2.37. The van der Waals surface area contributed by atoms with Crippen molar-refractivity contribution in [2.45, 2.75) is 25.7 Å². The summed E-state index contributed by atoms with van der Waals surface area (Å²) in [6, 6.07) is 4.16. The molecule has 1 heterocycles. The van der Waals surface area contributed by atoms with Crippen molar-refractivity contribution in [3.05, 3.63) is 35.2 Å². The number of allylic oxidation sites excluding steroid dienone is 1. The van der Waals surface area contributed by atoms with Gasteiger partial charge in [0, 0.05) is 17.6 Å². The van der Waals surface area contributed by atoms with E-state index in [4.69, 9.17) is 0 Å². The number of carbonyl (C=O) groups excluding carboxylic acids is 2. The van der Waals surface area contributed by atoms with Gasteiger partial charge in [-0.25, -0.2) is 4.39 Å². The van der Waals surface area contributed by atoms with Crippen LogP contribution in [0.25, 0.3) is 5.57 Å². The van der Waals surface area contributed by atoms with Gasteiger partial charge in [0.15, 0.2) is 5.78 Å². The van der Waals surface area contributed by atoms with Crippen LogP contribution in [0, 0.1) is 5.82 Å². The Kier molecular flexibility index (Phi) is 2.51. The van der Waals surface area contributed by atoms with Crippen LogP contribution < -0.4 is 5.32 Å². The molecular formula is C14H12FNO2. The van der Waals surface area contributed by atoms with Gasteiger partial charge in [0.25, 0.3) is 5.91 Å². The summed E-state index contributed by atoms with van der Waals surface area (Å²) in [5.41, 5.74) is 2.14. The lowest BCUT2D eigenvalue weighted by atomic mass is 9.88. The molecule has 0 spiro atoms. The molecule has 1 saturated carbocycles. The van der Waals surface area contributed by atoms with Gasteiger partial charge >= 0.3 is 0 Å². The van der Waals surface area contributed by atoms with Crippen molar-refractivity contribution < 1.29 is 14.0 Å². The van der Waals surface area contributed by atoms with Crippen molar-refractivity contribution in [3.8, 4) is 0 Å². The fourth-order valence-electron chi connectivity index (χ4n) is 2.59. The average Bonchev–Trinajstić information content (AvgIpc) is 2.65. The second kappa shape index (κ2) is 4.05. The Morgan fingerprint density at radius 1 is 1.11 bits per heavy atom. The molecule has 1 fully saturated rings. The van der Waals surface area contributed by atoms with Gasteiger partial charge in [0.2, 0.25) is 0 Å². The van der Waals surface area contributed by atoms with Crippen LogP contribution in [-0.2, 0) is 9.59 Å². The first-order valence-corrected chi connectivity index (χ1v) is 6.04. The average molecular weight is 245 g/mol. The number of carbonyl (C=O) groups is 2. The molecule has 1 aliphatic carbocycles. The first-order chi connectivity index (χ1) is 8.66. The molecule has 2 aliphatic rings. The van der Waals surface area contributed by atoms with Crippen LogP contribution in [0.1, 0.15) is 31.2 Å². The number of anilines is 1. The summed E-state index contributed by atoms with van der Waals surface area (Å²) in [4.78, 5) is 23.8. The Hall–Kier alpha value is -1.97. The largest absolute Gasteiger partial charge is 0.321 e. The van der Waals surface area contributed by atoms with Gasteiger partial charge in [0.1, 0.15) is 5.82 Å². The number of amides is 1. The molecule has 1 aromatic carbocycles. The topological polar surface area (TPSA) is 46.2 Å². The van der Waals surface area contributed by atoms with Gasteiger partial charge in [-0.1, -0.05) is 0 Å². The molecule has 1 aliphatic heterocycles. The zero-order valence-corrected chi connectivity index (χ0v) is 9.75. The minimum absolute atomic E-state index is 0.0450. The van der Waals surface area contributed by atoms with Crippen molar-refractivity contribution in [2.24, 2.45) is 0 Å². The molecule has 3 rings (SSSR count). The lowest BCUT2D eigenvalue weighted by Gasteiger charge is -2.14. The lowest BCUT2D eigenvalue weighted by molar-refractivity contribution is -0.117. The van der Waals surface area contributed by atoms with Gasteiger partial charge in [0.05, 0.1) is 11.3 Å². The first kappa shape index (κ1) is 11.1. The van der Waals surface area contributed by atoms with E-state index in [-0.39, 0.29) is 11.7 Å². The van der Waals surface area contributed by atoms with Crippen molar-refractivity contribution in [2.75, 3.05) is 5.32 Å². The van der Waals surface area contributed by atoms with Gasteiger partial charge in [-0.3, -0.25) is 9.59 Å². The Labute approximate surface area is 104 Å². The zero-order valence-electron chi connectivity index (χ0n) is 9.75. The van der Waals surface area contributed by atoms with Crippen LogP contribution in [0.15, 0.2) is 23.8 Å². The Morgan fingerprint density at radius 3 is 2.67 bits per heavy atom. The standard InChI is InChI=1S/C14H12FNO2/c15-8-5-6-9-11(7-8)16-14(18)13(9)10-3-1-2-4-12(10)17/h5-7H,1-4H2,(H,16,18)/b13-10-. The molecule has 0 atom stereocenters. The molecule has 3 nitrogen and oxygen atoms in total. The smallest absolute Gasteiger partial charge is 0.256 e. The molecular weight excluding hydrogens is 233 g/mol. The quantitative estimate of drug-likeness (QED) is 0.714. The number of hydrogen-bond donors (Lipinski definition) is 1. The molecule has 0 bridgehead atoms. The van der Waals surface area contributed by atoms with E-state index in [9.17, 15) is 14.0 Å². The summed E-state index contributed by atoms with van der Waals surface area (Å²) in [6.45, 7) is 0. The maximum Gasteiger partial charge on any atom is 0.256 e. The summed E-state index contributed by atoms with van der Waals surface area (Å²) in [7, 11) is 0. The highest BCUT2D eigenvalue weighted by molar-refractivity contribution is 6.35. The second-order valence-electron chi connectivity index (χ2n) is 4.63. The minimum Gasteiger partial charge on any atom is -0.321 e. The van der Waals surface area contributed by atoms with E-state index >= 15 is 0 Å². The fourth-order valence-corrected chi connectivity index (χ4v) is 2.59. The number of ketones is 1. The third-order valence-electron chi connectivity index (χ3n) is 3.45. The van der Waals surface area contributed by atoms with E-state index in [2.05, 4.69) is 5.32 Å². The number of benzene rings is 1. The SMILES string of the molecule is O=C1CCCC/C1=C1/C(=O)Nc2cc(F)ccc21. The van der Waals surface area contributed by atoms with Crippen molar-refractivity contribution in [1.29, 1.82) is 0 Å². The Morgan fingerprint density at radius 2 is 1.89 bits per heavy atom. The second-order valence-corrected chi connectivity index (χ2v) is 4.63. The Bertz CT molecular complexity index is 589. The molecule has 4 heteroatoms. The zero-order chi connectivity index (χ0) is 12.7. The first-order valence-electron chi connectivity index (χ1n) is 6.04. The number of hydrogen-bond acceptors (Lipinski definition) is 2. The number of nitrogens with one attached hydrogen (secondary N) is 1. The van der Waals surface area contributed by atoms with Crippen LogP contribution >= 0.6 is 0 Å². The van der Waals surface area contributed by atoms with Gasteiger partial charge in [-0.05, 0) is 37.5 Å². The summed E-state index contributed by atoms with van der Waals surface area (Å²) in [6.07, 6.45) is 2.95. The molecule has 0 aromatic heterocycles. The van der Waals surface area contributed by atoms with E-state index in [0.29, 0.717) is 35.2 Å². The summed E-state index contributed by atoms with van der Waals surface area (Å²) >= 11 is 0. The van der Waals surface area contributed by atoms with Crippen LogP contribution in [-0.4, -0.2) is 11.7 Å². The van der Waals surface area contributed by atoms with Crippen LogP contribution in [0.3, 0.4) is 0 Å². The van der Waals surface area contributed by atoms with Crippen LogP contribution in [0.2, 0.25) is 0 Å². The van der Waals surface area contributed by atoms with Crippen molar-refractivity contribution >= 4 is 23.0 Å². The van der Waals surface area contributed by atoms with Gasteiger partial charge in [-0.15, -0.1) is 0 Å². The monoisotopic (exact) mass is 245 g/mol. The van der Waals surface area contributed by atoms with E-state index in [1.807, 2.05) is 0 Å². The van der Waals surface area contributed by atoms with E-state index in [1.54, 1.807) is 6.07 Å². The van der Waals surface area contributed by atoms with Crippen LogP contribution in [0.5, 0.6) is 0 Å². The molecule has 92 valence electrons. The maximum absolute atomic E-state index is 13.1. The van der Waals surface area contributed by atoms with E-state index < -0.39 is 5.82 Å². The molecule has 1 amide bonds. The van der Waals surface area contributed by atoms with Gasteiger partial charge < -0.3 is 5.32 Å². The number of halogens is 1. The van der Waals surface area contributed by atoms with E-state index in [1.165, 1.54) is 12.1 Å². The number of fused-ring (bicyclic) bond motifs is 1. The highest BCUT2D eigenvalue weighted by atomic mass is 19.1. The number of rotatable bonds is 0. The summed E-state index contributed by atoms with van der Waals surface area (Å²) < 4.78 is 13.1. The fraction of sp³-hybridized carbons (Fsp3) is 0.286. The molecule has 1 aromatic rings. The normalized spacial score (nSPS) is 22.9. The number of Topliss-reactive ketones (excluding diaryl/α,β-unsaturated/α-hetero) is 1. The highest BCUT2D eigenvalue weighted by Gasteiger charge is 2.30. The predicted molar refractivity (Wildman–Crippen MR) is 65.4 cm³/mol. The Balaban J connectivity index is 2.16. The minimum atomic E-state index is -0.393. The molecule has 1 N–H and O–H groups in total. The predicted octanol–water partition coefficient (Wildman–Crippen LogP) is 2.67. The van der Waals surface area contributed by atoms with E-state index in [0.717, 1.165) is 12.8 Å². The van der Waals surface area contributed by atoms with Gasteiger partial charge in [-0.2, -0.15) is 0 Å². The molecule has 0 unspecified atom stereocenters. The lowest BCUT2D eigenvalue weighted by Crippen LogP contribution is -2.14. The van der Waals surface area contributed by atoms with Crippen molar-refractivity contribution in [1.82, 2.24) is 0 Å². The maximum atomic E-state index is 13.1. The van der Waals surface area contributed by atoms with Crippen molar-refractivity contribution in [3.63, 3.8) is 0 Å². The molecule has 18 heavy (non-hydrogen) atoms. The summed E-state index contributed by atoms with van der Waals surface area (Å²) in [5.74, 6) is -0.639.